The van der Waals surface area contributed by atoms with Gasteiger partial charge in [0.15, 0.2) is 23.1 Å². The third-order valence-corrected chi connectivity index (χ3v) is 5.04. The highest BCUT2D eigenvalue weighted by atomic mass is 35.5. The van der Waals surface area contributed by atoms with Crippen molar-refractivity contribution in [3.8, 4) is 17.2 Å². The van der Waals surface area contributed by atoms with Gasteiger partial charge < -0.3 is 14.8 Å². The highest BCUT2D eigenvalue weighted by Crippen LogP contribution is 2.41. The predicted molar refractivity (Wildman–Crippen MR) is 104 cm³/mol. The average molecular weight is 421 g/mol. The van der Waals surface area contributed by atoms with Crippen molar-refractivity contribution in [2.75, 3.05) is 13.2 Å². The Kier molecular flexibility index (Phi) is 5.38. The lowest BCUT2D eigenvalue weighted by atomic mass is 10.1. The number of aromatic nitrogens is 3. The number of benzene rings is 2. The highest BCUT2D eigenvalue weighted by molar-refractivity contribution is 5.85. The summed E-state index contributed by atoms with van der Waals surface area (Å²) in [5.41, 5.74) is 2.45. The maximum absolute atomic E-state index is 13.4. The number of rotatable bonds is 5. The molecule has 1 N–H and O–H groups in total. The molecule has 1 fully saturated rings. The van der Waals surface area contributed by atoms with Gasteiger partial charge in [-0.2, -0.15) is 0 Å². The summed E-state index contributed by atoms with van der Waals surface area (Å²) in [5.74, 6) is 0.0124. The zero-order chi connectivity index (χ0) is 19.1. The Morgan fingerprint density at radius 2 is 1.86 bits per heavy atom. The van der Waals surface area contributed by atoms with Crippen LogP contribution in [0.2, 0.25) is 0 Å². The fraction of sp³-hybridized carbons (Fsp3) is 0.300. The second-order valence-electron chi connectivity index (χ2n) is 6.99. The average Bonchev–Trinajstić information content (AvgIpc) is 3.34. The predicted octanol–water partition coefficient (Wildman–Crippen LogP) is 3.38. The van der Waals surface area contributed by atoms with Crippen LogP contribution in [0.5, 0.6) is 11.5 Å². The Labute approximate surface area is 172 Å². The van der Waals surface area contributed by atoms with E-state index in [4.69, 9.17) is 9.47 Å². The molecule has 2 atom stereocenters. The van der Waals surface area contributed by atoms with E-state index < -0.39 is 11.6 Å². The number of nitrogens with zero attached hydrogens (tertiary/aromatic N) is 3. The van der Waals surface area contributed by atoms with Gasteiger partial charge in [0, 0.05) is 24.6 Å². The first-order chi connectivity index (χ1) is 13.7. The smallest absolute Gasteiger partial charge is 0.163 e. The zero-order valence-corrected chi connectivity index (χ0v) is 16.2. The van der Waals surface area contributed by atoms with Crippen LogP contribution in [-0.4, -0.2) is 34.2 Å². The summed E-state index contributed by atoms with van der Waals surface area (Å²) >= 11 is 0. The van der Waals surface area contributed by atoms with Crippen LogP contribution in [0, 0.1) is 11.6 Å². The van der Waals surface area contributed by atoms with Crippen LogP contribution < -0.4 is 14.8 Å². The minimum Gasteiger partial charge on any atom is -0.486 e. The number of halogens is 3. The summed E-state index contributed by atoms with van der Waals surface area (Å²) in [6.07, 6.45) is 2.74. The van der Waals surface area contributed by atoms with Gasteiger partial charge in [0.05, 0.1) is 17.6 Å². The lowest BCUT2D eigenvalue weighted by Gasteiger charge is -2.18. The molecule has 0 saturated heterocycles. The van der Waals surface area contributed by atoms with Crippen molar-refractivity contribution < 1.29 is 18.3 Å². The van der Waals surface area contributed by atoms with E-state index in [2.05, 4.69) is 15.6 Å². The van der Waals surface area contributed by atoms with Crippen LogP contribution in [0.3, 0.4) is 0 Å². The van der Waals surface area contributed by atoms with Gasteiger partial charge in [0.2, 0.25) is 0 Å². The Morgan fingerprint density at radius 3 is 2.69 bits per heavy atom. The van der Waals surface area contributed by atoms with Crippen molar-refractivity contribution in [2.24, 2.45) is 0 Å². The molecular formula is C20H19ClF2N4O2. The van der Waals surface area contributed by atoms with E-state index in [9.17, 15) is 8.78 Å². The van der Waals surface area contributed by atoms with Gasteiger partial charge >= 0.3 is 0 Å². The first kappa shape index (κ1) is 19.6. The molecule has 6 nitrogen and oxygen atoms in total. The van der Waals surface area contributed by atoms with E-state index in [1.54, 1.807) is 10.7 Å². The molecule has 1 saturated carbocycles. The molecule has 2 aliphatic rings. The van der Waals surface area contributed by atoms with E-state index >= 15 is 0 Å². The number of nitrogens with one attached hydrogen (secondary N) is 1. The Bertz CT molecular complexity index is 1030. The van der Waals surface area contributed by atoms with Crippen molar-refractivity contribution >= 4 is 12.4 Å². The van der Waals surface area contributed by atoms with Gasteiger partial charge in [-0.15, -0.1) is 17.5 Å². The molecule has 29 heavy (non-hydrogen) atoms. The first-order valence-corrected chi connectivity index (χ1v) is 9.17. The lowest BCUT2D eigenvalue weighted by molar-refractivity contribution is 0.171. The van der Waals surface area contributed by atoms with Crippen LogP contribution in [0.15, 0.2) is 42.6 Å². The van der Waals surface area contributed by atoms with E-state index in [1.807, 2.05) is 24.4 Å². The number of ether oxygens (including phenoxy) is 2. The third-order valence-electron chi connectivity index (χ3n) is 5.04. The van der Waals surface area contributed by atoms with Crippen LogP contribution >= 0.6 is 12.4 Å². The maximum atomic E-state index is 13.4. The molecule has 1 aromatic heterocycles. The summed E-state index contributed by atoms with van der Waals surface area (Å²) < 4.78 is 39.3. The van der Waals surface area contributed by atoms with Gasteiger partial charge in [0.1, 0.15) is 13.2 Å². The number of hydrogen-bond donors (Lipinski definition) is 1. The fourth-order valence-electron chi connectivity index (χ4n) is 3.45. The minimum absolute atomic E-state index is 0. The summed E-state index contributed by atoms with van der Waals surface area (Å²) in [4.78, 5) is 0. The van der Waals surface area contributed by atoms with Crippen molar-refractivity contribution in [3.05, 3.63) is 65.5 Å². The molecule has 2 aromatic carbocycles. The summed E-state index contributed by atoms with van der Waals surface area (Å²) in [5, 5.41) is 11.8. The van der Waals surface area contributed by atoms with Gasteiger partial charge in [-0.05, 0) is 36.2 Å². The Balaban J connectivity index is 0.00000205. The quantitative estimate of drug-likeness (QED) is 0.685. The normalized spacial score (nSPS) is 19.5. The van der Waals surface area contributed by atoms with Crippen LogP contribution in [-0.2, 0) is 6.54 Å². The Morgan fingerprint density at radius 1 is 1.03 bits per heavy atom. The van der Waals surface area contributed by atoms with E-state index in [-0.39, 0.29) is 24.4 Å². The van der Waals surface area contributed by atoms with Gasteiger partial charge in [0.25, 0.3) is 0 Å². The molecule has 2 heterocycles. The molecule has 0 bridgehead atoms. The summed E-state index contributed by atoms with van der Waals surface area (Å²) in [6.45, 7) is 1.64. The number of fused-ring (bicyclic) bond motifs is 1. The third kappa shape index (κ3) is 4.04. The summed E-state index contributed by atoms with van der Waals surface area (Å²) in [7, 11) is 0. The molecule has 1 aliphatic carbocycles. The van der Waals surface area contributed by atoms with E-state index in [1.165, 1.54) is 12.1 Å². The standard InChI is InChI=1S/C20H18F2N4O2.ClH/c21-16-3-1-12(7-17(16)22)15-9-18(15)23-10-13-11-26(25-24-13)14-2-4-19-20(8-14)28-6-5-27-19;/h1-4,7-8,11,15,18,23H,5-6,9-10H2;1H/t15-,18+;/m0./s1. The zero-order valence-electron chi connectivity index (χ0n) is 15.3. The first-order valence-electron chi connectivity index (χ1n) is 9.17. The molecular weight excluding hydrogens is 402 g/mol. The molecule has 0 amide bonds. The van der Waals surface area contributed by atoms with Crippen LogP contribution in [0.1, 0.15) is 23.6 Å². The molecule has 0 unspecified atom stereocenters. The molecule has 1 aliphatic heterocycles. The topological polar surface area (TPSA) is 61.2 Å². The van der Waals surface area contributed by atoms with Crippen molar-refractivity contribution in [3.63, 3.8) is 0 Å². The minimum atomic E-state index is -0.815. The van der Waals surface area contributed by atoms with Crippen LogP contribution in [0.4, 0.5) is 8.78 Å². The van der Waals surface area contributed by atoms with Crippen LogP contribution in [0.25, 0.3) is 5.69 Å². The molecule has 5 rings (SSSR count). The van der Waals surface area contributed by atoms with Crippen molar-refractivity contribution in [2.45, 2.75) is 24.9 Å². The van der Waals surface area contributed by atoms with Gasteiger partial charge in [-0.25, -0.2) is 13.5 Å². The number of hydrogen-bond acceptors (Lipinski definition) is 5. The monoisotopic (exact) mass is 420 g/mol. The second-order valence-corrected chi connectivity index (χ2v) is 6.99. The SMILES string of the molecule is Cl.Fc1ccc([C@@H]2C[C@H]2NCc2cn(-c3ccc4c(c3)OCCO4)nn2)cc1F. The van der Waals surface area contributed by atoms with Crippen molar-refractivity contribution in [1.82, 2.24) is 20.3 Å². The molecule has 9 heteroatoms. The second kappa shape index (κ2) is 7.96. The van der Waals surface area contributed by atoms with Gasteiger partial charge in [-0.3, -0.25) is 0 Å². The summed E-state index contributed by atoms with van der Waals surface area (Å²) in [6, 6.07) is 9.96. The fourth-order valence-corrected chi connectivity index (χ4v) is 3.45. The van der Waals surface area contributed by atoms with E-state index in [0.29, 0.717) is 25.5 Å². The van der Waals surface area contributed by atoms with Gasteiger partial charge in [-0.1, -0.05) is 11.3 Å². The maximum Gasteiger partial charge on any atom is 0.163 e. The molecule has 0 radical (unpaired) electrons. The lowest BCUT2D eigenvalue weighted by Crippen LogP contribution is -2.17. The van der Waals surface area contributed by atoms with E-state index in [0.717, 1.165) is 29.1 Å². The Hall–Kier alpha value is -2.71. The molecule has 0 spiro atoms. The molecule has 3 aromatic rings. The van der Waals surface area contributed by atoms with Crippen molar-refractivity contribution in [1.29, 1.82) is 0 Å². The molecule has 152 valence electrons. The largest absolute Gasteiger partial charge is 0.486 e. The highest BCUT2D eigenvalue weighted by Gasteiger charge is 2.38.